The van der Waals surface area contributed by atoms with E-state index in [-0.39, 0.29) is 18.9 Å². The second-order valence-electron chi connectivity index (χ2n) is 19.0. The zero-order valence-corrected chi connectivity index (χ0v) is 43.9. The van der Waals surface area contributed by atoms with E-state index in [1.54, 1.807) is 6.08 Å². The van der Waals surface area contributed by atoms with Crippen molar-refractivity contribution < 1.29 is 64.6 Å². The van der Waals surface area contributed by atoms with Gasteiger partial charge in [0, 0.05) is 6.42 Å². The minimum atomic E-state index is -1.80. The van der Waals surface area contributed by atoms with Crippen LogP contribution in [0, 0.1) is 0 Å². The number of carbonyl (C=O) groups is 1. The minimum absolute atomic E-state index is 0.257. The van der Waals surface area contributed by atoms with Crippen LogP contribution in [0.1, 0.15) is 168 Å². The third kappa shape index (κ3) is 29.1. The van der Waals surface area contributed by atoms with Gasteiger partial charge in [-0.25, -0.2) is 0 Å². The number of unbranched alkanes of at least 4 members (excludes halogenated alkanes) is 14. The lowest BCUT2D eigenvalue weighted by Crippen LogP contribution is -2.65. The van der Waals surface area contributed by atoms with Crippen molar-refractivity contribution >= 4 is 5.91 Å². The van der Waals surface area contributed by atoms with E-state index in [4.69, 9.17) is 18.9 Å². The van der Waals surface area contributed by atoms with Gasteiger partial charge in [-0.2, -0.15) is 0 Å². The predicted molar refractivity (Wildman–Crippen MR) is 286 cm³/mol. The lowest BCUT2D eigenvalue weighted by Gasteiger charge is -2.46. The van der Waals surface area contributed by atoms with Crippen molar-refractivity contribution in [3.8, 4) is 0 Å². The van der Waals surface area contributed by atoms with Crippen molar-refractivity contribution in [2.45, 2.75) is 242 Å². The fourth-order valence-electron chi connectivity index (χ4n) is 8.31. The molecule has 0 aromatic rings. The minimum Gasteiger partial charge on any atom is -0.394 e. The first-order chi connectivity index (χ1) is 35.1. The Bertz CT molecular complexity index is 1570. The van der Waals surface area contributed by atoms with Crippen LogP contribution < -0.4 is 5.32 Å². The number of rotatable bonds is 41. The summed E-state index contributed by atoms with van der Waals surface area (Å²) in [6.45, 7) is 2.60. The van der Waals surface area contributed by atoms with Gasteiger partial charge in [0.2, 0.25) is 5.91 Å². The molecule has 12 atom stereocenters. The van der Waals surface area contributed by atoms with Gasteiger partial charge in [-0.05, 0) is 83.5 Å². The first-order valence-electron chi connectivity index (χ1n) is 27.5. The molecule has 0 aliphatic carbocycles. The monoisotopic (exact) mass is 1020 g/mol. The molecule has 1 amide bonds. The summed E-state index contributed by atoms with van der Waals surface area (Å²) in [7, 11) is 0. The molecule has 2 fully saturated rings. The molecule has 14 nitrogen and oxygen atoms in total. The van der Waals surface area contributed by atoms with E-state index < -0.39 is 86.8 Å². The van der Waals surface area contributed by atoms with Crippen LogP contribution in [0.25, 0.3) is 0 Å². The Hall–Kier alpha value is -3.09. The average Bonchev–Trinajstić information content (AvgIpc) is 3.38. The van der Waals surface area contributed by atoms with Gasteiger partial charge < -0.3 is 65.1 Å². The quantitative estimate of drug-likeness (QED) is 0.0208. The predicted octanol–water partition coefficient (Wildman–Crippen LogP) is 8.32. The van der Waals surface area contributed by atoms with E-state index in [0.29, 0.717) is 12.8 Å². The van der Waals surface area contributed by atoms with Gasteiger partial charge in [0.15, 0.2) is 12.6 Å². The molecule has 72 heavy (non-hydrogen) atoms. The lowest BCUT2D eigenvalue weighted by molar-refractivity contribution is -0.359. The summed E-state index contributed by atoms with van der Waals surface area (Å²) in [6.07, 6.45) is 41.7. The van der Waals surface area contributed by atoms with Crippen molar-refractivity contribution in [3.05, 3.63) is 97.2 Å². The van der Waals surface area contributed by atoms with E-state index >= 15 is 0 Å². The zero-order valence-electron chi connectivity index (χ0n) is 43.9. The molecule has 14 heteroatoms. The number of aliphatic hydroxyl groups excluding tert-OH is 8. The summed E-state index contributed by atoms with van der Waals surface area (Å²) in [5.74, 6) is -0.265. The lowest BCUT2D eigenvalue weighted by atomic mass is 9.97. The summed E-state index contributed by atoms with van der Waals surface area (Å²) >= 11 is 0. The number of amides is 1. The smallest absolute Gasteiger partial charge is 0.220 e. The topological polar surface area (TPSA) is 228 Å². The van der Waals surface area contributed by atoms with Crippen LogP contribution in [0.3, 0.4) is 0 Å². The number of allylic oxidation sites excluding steroid dienone is 15. The van der Waals surface area contributed by atoms with Crippen molar-refractivity contribution in [2.75, 3.05) is 19.8 Å². The van der Waals surface area contributed by atoms with E-state index in [9.17, 15) is 45.6 Å². The van der Waals surface area contributed by atoms with Crippen LogP contribution >= 0.6 is 0 Å². The highest BCUT2D eigenvalue weighted by Gasteiger charge is 2.51. The van der Waals surface area contributed by atoms with Gasteiger partial charge >= 0.3 is 0 Å². The molecule has 0 radical (unpaired) electrons. The molecule has 9 N–H and O–H groups in total. The molecule has 0 spiro atoms. The SMILES string of the molecule is CC/C=C\C/C=C\C/C=C\C/C=C\C/C=C\C/C=C\CCCCCCCCCCC(=O)NC(COC1OC(CO)C(OC2OC(CO)C(O)C(O)C2O)C(O)C1O)C(O)/C=C/CC/C=C/CCCCCCC. The molecule has 2 aliphatic heterocycles. The summed E-state index contributed by atoms with van der Waals surface area (Å²) in [4.78, 5) is 13.2. The van der Waals surface area contributed by atoms with Gasteiger partial charge in [-0.3, -0.25) is 4.79 Å². The van der Waals surface area contributed by atoms with Crippen LogP contribution in [-0.4, -0.2) is 140 Å². The molecule has 0 saturated carbocycles. The first kappa shape index (κ1) is 65.0. The standard InChI is InChI=1S/C58H97NO13/c1-3-5-7-9-11-13-15-16-17-18-19-20-21-22-23-24-25-26-27-28-29-30-32-34-36-38-40-42-50(63)59-46(47(62)41-39-37-35-33-31-14-12-10-8-6-4-2)45-69-57-55(68)53(66)56(49(44-61)71-57)72-58-54(67)52(65)51(64)48(43-60)70-58/h5,7,11,13,16-17,19-20,22-23,25-26,31,33,39,41,46-49,51-58,60-62,64-68H,3-4,6,8-10,12,14-15,18,21,24,27-30,32,34-38,40,42-45H2,1-2H3,(H,59,63)/b7-5-,13-11-,17-16-,20-19-,23-22-,26-25-,33-31+,41-39+. The fraction of sp³-hybridized carbons (Fsp3) is 0.707. The molecule has 2 rings (SSSR count). The highest BCUT2D eigenvalue weighted by atomic mass is 16.7. The Labute approximate surface area is 433 Å². The maximum Gasteiger partial charge on any atom is 0.220 e. The molecule has 0 aromatic heterocycles. The largest absolute Gasteiger partial charge is 0.394 e. The molecule has 0 aromatic carbocycles. The molecule has 0 bridgehead atoms. The summed E-state index contributed by atoms with van der Waals surface area (Å²) in [6, 6.07) is -0.941. The Morgan fingerprint density at radius 2 is 0.972 bits per heavy atom. The maximum atomic E-state index is 13.2. The average molecular weight is 1020 g/mol. The van der Waals surface area contributed by atoms with Gasteiger partial charge in [-0.1, -0.05) is 175 Å². The van der Waals surface area contributed by atoms with Gasteiger partial charge in [0.05, 0.1) is 32.0 Å². The second kappa shape index (κ2) is 43.2. The van der Waals surface area contributed by atoms with E-state index in [0.717, 1.165) is 83.5 Å². The first-order valence-corrected chi connectivity index (χ1v) is 27.5. The number of aliphatic hydroxyl groups is 8. The highest BCUT2D eigenvalue weighted by molar-refractivity contribution is 5.76. The highest BCUT2D eigenvalue weighted by Crippen LogP contribution is 2.30. The number of hydrogen-bond acceptors (Lipinski definition) is 13. The Morgan fingerprint density at radius 1 is 0.514 bits per heavy atom. The van der Waals surface area contributed by atoms with E-state index in [1.807, 2.05) is 6.08 Å². The summed E-state index contributed by atoms with van der Waals surface area (Å²) in [5, 5.41) is 86.7. The van der Waals surface area contributed by atoms with Crippen LogP contribution in [-0.2, 0) is 23.7 Å². The van der Waals surface area contributed by atoms with Crippen molar-refractivity contribution in [1.82, 2.24) is 5.32 Å². The van der Waals surface area contributed by atoms with E-state index in [2.05, 4.69) is 104 Å². The van der Waals surface area contributed by atoms with Crippen LogP contribution in [0.15, 0.2) is 97.2 Å². The zero-order chi connectivity index (χ0) is 52.4. The maximum absolute atomic E-state index is 13.2. The van der Waals surface area contributed by atoms with Crippen LogP contribution in [0.5, 0.6) is 0 Å². The van der Waals surface area contributed by atoms with Gasteiger partial charge in [0.25, 0.3) is 0 Å². The second-order valence-corrected chi connectivity index (χ2v) is 19.0. The van der Waals surface area contributed by atoms with Gasteiger partial charge in [0.1, 0.15) is 48.8 Å². The van der Waals surface area contributed by atoms with Crippen LogP contribution in [0.4, 0.5) is 0 Å². The van der Waals surface area contributed by atoms with Gasteiger partial charge in [-0.15, -0.1) is 0 Å². The Balaban J connectivity index is 1.75. The van der Waals surface area contributed by atoms with E-state index in [1.165, 1.54) is 51.4 Å². The normalized spacial score (nSPS) is 26.4. The molecule has 2 aliphatic rings. The third-order valence-electron chi connectivity index (χ3n) is 12.8. The number of carbonyl (C=O) groups excluding carboxylic acids is 1. The molecular formula is C58H97NO13. The number of hydrogen-bond donors (Lipinski definition) is 9. The molecular weight excluding hydrogens is 919 g/mol. The molecule has 2 saturated heterocycles. The Kier molecular flexibility index (Phi) is 39.0. The van der Waals surface area contributed by atoms with Crippen molar-refractivity contribution in [1.29, 1.82) is 0 Å². The number of nitrogens with one attached hydrogen (secondary N) is 1. The van der Waals surface area contributed by atoms with Crippen molar-refractivity contribution in [3.63, 3.8) is 0 Å². The van der Waals surface area contributed by atoms with Crippen LogP contribution in [0.2, 0.25) is 0 Å². The fourth-order valence-corrected chi connectivity index (χ4v) is 8.31. The molecule has 412 valence electrons. The molecule has 12 unspecified atom stereocenters. The van der Waals surface area contributed by atoms with Crippen molar-refractivity contribution in [2.24, 2.45) is 0 Å². The Morgan fingerprint density at radius 3 is 1.53 bits per heavy atom. The molecule has 2 heterocycles. The third-order valence-corrected chi connectivity index (χ3v) is 12.8. The summed E-state index contributed by atoms with van der Waals surface area (Å²) in [5.41, 5.74) is 0. The summed E-state index contributed by atoms with van der Waals surface area (Å²) < 4.78 is 22.7. The number of ether oxygens (including phenoxy) is 4.